The third-order valence-electron chi connectivity index (χ3n) is 3.42. The van der Waals surface area contributed by atoms with Crippen molar-refractivity contribution in [1.29, 1.82) is 0 Å². The summed E-state index contributed by atoms with van der Waals surface area (Å²) in [6, 6.07) is 4.28. The Morgan fingerprint density at radius 1 is 1.33 bits per heavy atom. The number of rotatable bonds is 5. The van der Waals surface area contributed by atoms with Crippen LogP contribution < -0.4 is 5.32 Å². The Hall–Kier alpha value is -1.11. The molecule has 1 aromatic rings. The summed E-state index contributed by atoms with van der Waals surface area (Å²) in [5.74, 6) is -0.347. The number of nitrogens with zero attached hydrogens (tertiary/aromatic N) is 1. The molecular weight excluding hydrogens is 312 g/mol. The van der Waals surface area contributed by atoms with Crippen LogP contribution in [0.4, 0.5) is 0 Å². The van der Waals surface area contributed by atoms with Crippen LogP contribution in [0, 0.1) is 0 Å². The van der Waals surface area contributed by atoms with Gasteiger partial charge < -0.3 is 5.32 Å². The Balaban J connectivity index is 2.31. The first-order valence-corrected chi connectivity index (χ1v) is 8.86. The predicted octanol–water partition coefficient (Wildman–Crippen LogP) is 2.26. The van der Waals surface area contributed by atoms with E-state index in [1.165, 1.54) is 22.5 Å². The topological polar surface area (TPSA) is 66.5 Å². The molecule has 0 atom stereocenters. The average Bonchev–Trinajstić information content (AvgIpc) is 3.00. The average molecular weight is 331 g/mol. The van der Waals surface area contributed by atoms with E-state index in [4.69, 9.17) is 11.6 Å². The highest BCUT2D eigenvalue weighted by atomic mass is 35.5. The second kappa shape index (κ2) is 6.77. The number of halogens is 1. The lowest BCUT2D eigenvalue weighted by molar-refractivity contribution is 0.0953. The highest BCUT2D eigenvalue weighted by molar-refractivity contribution is 7.89. The van der Waals surface area contributed by atoms with Crippen molar-refractivity contribution in [3.05, 3.63) is 28.8 Å². The van der Waals surface area contributed by atoms with Crippen molar-refractivity contribution in [2.75, 3.05) is 19.6 Å². The maximum atomic E-state index is 12.5. The normalized spacial score (nSPS) is 16.1. The molecule has 0 saturated carbocycles. The molecule has 1 aromatic carbocycles. The van der Waals surface area contributed by atoms with Gasteiger partial charge in [0.1, 0.15) is 0 Å². The van der Waals surface area contributed by atoms with Gasteiger partial charge in [0.05, 0.1) is 15.5 Å². The van der Waals surface area contributed by atoms with Crippen molar-refractivity contribution in [3.63, 3.8) is 0 Å². The summed E-state index contributed by atoms with van der Waals surface area (Å²) in [6.45, 7) is 3.53. The zero-order valence-corrected chi connectivity index (χ0v) is 13.5. The maximum Gasteiger partial charge on any atom is 0.252 e. The van der Waals surface area contributed by atoms with Gasteiger partial charge in [0, 0.05) is 19.6 Å². The first-order valence-electron chi connectivity index (χ1n) is 7.04. The second-order valence-electron chi connectivity index (χ2n) is 5.01. The van der Waals surface area contributed by atoms with Crippen LogP contribution in [0.1, 0.15) is 36.5 Å². The summed E-state index contributed by atoms with van der Waals surface area (Å²) in [5, 5.41) is 2.96. The number of amides is 1. The fraction of sp³-hybridized carbons (Fsp3) is 0.500. The molecule has 21 heavy (non-hydrogen) atoms. The standard InChI is InChI=1S/C14H19ClN2O3S/c1-2-7-16-14(18)12-10-11(5-6-13(12)15)21(19,20)17-8-3-4-9-17/h5-6,10H,2-4,7-9H2,1H3,(H,16,18). The van der Waals surface area contributed by atoms with Crippen LogP contribution in [-0.4, -0.2) is 38.3 Å². The van der Waals surface area contributed by atoms with Gasteiger partial charge in [-0.05, 0) is 37.5 Å². The fourth-order valence-electron chi connectivity index (χ4n) is 2.25. The number of carbonyl (C=O) groups excluding carboxylic acids is 1. The molecule has 0 radical (unpaired) electrons. The van der Waals surface area contributed by atoms with Crippen LogP contribution >= 0.6 is 11.6 Å². The van der Waals surface area contributed by atoms with Crippen molar-refractivity contribution in [2.24, 2.45) is 0 Å². The Bertz CT molecular complexity index is 625. The van der Waals surface area contributed by atoms with E-state index in [2.05, 4.69) is 5.32 Å². The van der Waals surface area contributed by atoms with Gasteiger partial charge >= 0.3 is 0 Å². The van der Waals surface area contributed by atoms with Gasteiger partial charge in [-0.2, -0.15) is 4.31 Å². The van der Waals surface area contributed by atoms with E-state index < -0.39 is 10.0 Å². The number of hydrogen-bond donors (Lipinski definition) is 1. The van der Waals surface area contributed by atoms with Crippen LogP contribution in [0.15, 0.2) is 23.1 Å². The Labute approximate surface area is 130 Å². The monoisotopic (exact) mass is 330 g/mol. The van der Waals surface area contributed by atoms with E-state index in [0.29, 0.717) is 19.6 Å². The molecule has 1 aliphatic rings. The van der Waals surface area contributed by atoms with Gasteiger partial charge in [0.2, 0.25) is 10.0 Å². The minimum Gasteiger partial charge on any atom is -0.352 e. The van der Waals surface area contributed by atoms with Crippen molar-refractivity contribution in [2.45, 2.75) is 31.1 Å². The minimum absolute atomic E-state index is 0.121. The summed E-state index contributed by atoms with van der Waals surface area (Å²) in [5.41, 5.74) is 0.199. The Morgan fingerprint density at radius 3 is 2.62 bits per heavy atom. The first-order chi connectivity index (χ1) is 9.96. The molecule has 116 valence electrons. The van der Waals surface area contributed by atoms with E-state index in [9.17, 15) is 13.2 Å². The lowest BCUT2D eigenvalue weighted by Crippen LogP contribution is -2.29. The molecule has 0 aromatic heterocycles. The van der Waals surface area contributed by atoms with Crippen LogP contribution in [0.5, 0.6) is 0 Å². The minimum atomic E-state index is -3.54. The molecule has 0 unspecified atom stereocenters. The smallest absolute Gasteiger partial charge is 0.252 e. The van der Waals surface area contributed by atoms with E-state index in [1.807, 2.05) is 6.92 Å². The summed E-state index contributed by atoms with van der Waals surface area (Å²) in [4.78, 5) is 12.1. The van der Waals surface area contributed by atoms with E-state index >= 15 is 0 Å². The molecule has 0 spiro atoms. The van der Waals surface area contributed by atoms with Crippen molar-refractivity contribution in [1.82, 2.24) is 9.62 Å². The fourth-order valence-corrected chi connectivity index (χ4v) is 4.00. The third kappa shape index (κ3) is 3.56. The van der Waals surface area contributed by atoms with Crippen molar-refractivity contribution < 1.29 is 13.2 Å². The number of benzene rings is 1. The van der Waals surface area contributed by atoms with Gasteiger partial charge in [0.25, 0.3) is 5.91 Å². The third-order valence-corrected chi connectivity index (χ3v) is 5.65. The zero-order valence-electron chi connectivity index (χ0n) is 11.9. The molecule has 1 heterocycles. The molecule has 1 amide bonds. The second-order valence-corrected chi connectivity index (χ2v) is 7.35. The molecule has 1 fully saturated rings. The largest absolute Gasteiger partial charge is 0.352 e. The molecular formula is C14H19ClN2O3S. The van der Waals surface area contributed by atoms with Crippen molar-refractivity contribution >= 4 is 27.5 Å². The molecule has 7 heteroatoms. The molecule has 0 aliphatic carbocycles. The molecule has 1 N–H and O–H groups in total. The number of nitrogens with one attached hydrogen (secondary N) is 1. The van der Waals surface area contributed by atoms with Gasteiger partial charge in [0.15, 0.2) is 0 Å². The van der Waals surface area contributed by atoms with Crippen LogP contribution in [-0.2, 0) is 10.0 Å². The number of carbonyl (C=O) groups is 1. The number of hydrogen-bond acceptors (Lipinski definition) is 3. The predicted molar refractivity (Wildman–Crippen MR) is 82.1 cm³/mol. The summed E-state index contributed by atoms with van der Waals surface area (Å²) >= 11 is 6.01. The lowest BCUT2D eigenvalue weighted by Gasteiger charge is -2.16. The summed E-state index contributed by atoms with van der Waals surface area (Å²) < 4.78 is 26.4. The first kappa shape index (κ1) is 16.3. The maximum absolute atomic E-state index is 12.5. The molecule has 0 bridgehead atoms. The molecule has 5 nitrogen and oxygen atoms in total. The quantitative estimate of drug-likeness (QED) is 0.900. The van der Waals surface area contributed by atoms with E-state index in [0.717, 1.165) is 19.3 Å². The highest BCUT2D eigenvalue weighted by Gasteiger charge is 2.28. The van der Waals surface area contributed by atoms with E-state index in [1.54, 1.807) is 0 Å². The van der Waals surface area contributed by atoms with Crippen LogP contribution in [0.25, 0.3) is 0 Å². The number of sulfonamides is 1. The summed E-state index contributed by atoms with van der Waals surface area (Å²) in [6.07, 6.45) is 2.54. The lowest BCUT2D eigenvalue weighted by atomic mass is 10.2. The van der Waals surface area contributed by atoms with Gasteiger partial charge in [-0.1, -0.05) is 18.5 Å². The molecule has 2 rings (SSSR count). The van der Waals surface area contributed by atoms with E-state index in [-0.39, 0.29) is 21.4 Å². The SMILES string of the molecule is CCCNC(=O)c1cc(S(=O)(=O)N2CCCC2)ccc1Cl. The Morgan fingerprint density at radius 2 is 2.00 bits per heavy atom. The zero-order chi connectivity index (χ0) is 15.5. The molecule has 1 saturated heterocycles. The highest BCUT2D eigenvalue weighted by Crippen LogP contribution is 2.25. The van der Waals surface area contributed by atoms with Crippen LogP contribution in [0.3, 0.4) is 0 Å². The van der Waals surface area contributed by atoms with Gasteiger partial charge in [-0.25, -0.2) is 8.42 Å². The van der Waals surface area contributed by atoms with Gasteiger partial charge in [-0.15, -0.1) is 0 Å². The van der Waals surface area contributed by atoms with Gasteiger partial charge in [-0.3, -0.25) is 4.79 Å². The van der Waals surface area contributed by atoms with Crippen molar-refractivity contribution in [3.8, 4) is 0 Å². The summed E-state index contributed by atoms with van der Waals surface area (Å²) in [7, 11) is -3.54. The van der Waals surface area contributed by atoms with Crippen LogP contribution in [0.2, 0.25) is 5.02 Å². The molecule has 1 aliphatic heterocycles. The Kier molecular flexibility index (Phi) is 5.24.